The van der Waals surface area contributed by atoms with E-state index in [1.165, 1.54) is 11.8 Å². The number of hydrogen-bond donors (Lipinski definition) is 2. The van der Waals surface area contributed by atoms with Crippen LogP contribution in [0.5, 0.6) is 0 Å². The van der Waals surface area contributed by atoms with Crippen LogP contribution in [0.2, 0.25) is 0 Å². The van der Waals surface area contributed by atoms with Gasteiger partial charge in [-0.25, -0.2) is 0 Å². The van der Waals surface area contributed by atoms with Gasteiger partial charge in [0.15, 0.2) is 10.9 Å². The molecule has 1 aliphatic rings. The summed E-state index contributed by atoms with van der Waals surface area (Å²) in [7, 11) is 0. The third-order valence-electron chi connectivity index (χ3n) is 3.34. The summed E-state index contributed by atoms with van der Waals surface area (Å²) in [5, 5.41) is 3.78. The maximum Gasteiger partial charge on any atom is 0.287 e. The monoisotopic (exact) mass is 290 g/mol. The van der Waals surface area contributed by atoms with E-state index in [-0.39, 0.29) is 23.9 Å². The average Bonchev–Trinajstić information content (AvgIpc) is 2.97. The molecular weight excluding hydrogens is 272 g/mol. The van der Waals surface area contributed by atoms with Gasteiger partial charge in [-0.15, -0.1) is 12.4 Å². The Labute approximate surface area is 117 Å². The fourth-order valence-electron chi connectivity index (χ4n) is 2.29. The number of halogens is 1. The van der Waals surface area contributed by atoms with Crippen molar-refractivity contribution in [3.8, 4) is 0 Å². The molecule has 0 atom stereocenters. The molecule has 0 aromatic carbocycles. The molecule has 1 aromatic heterocycles. The van der Waals surface area contributed by atoms with Crippen molar-refractivity contribution in [1.82, 2.24) is 5.32 Å². The molecule has 0 spiro atoms. The zero-order chi connectivity index (χ0) is 12.3. The van der Waals surface area contributed by atoms with Crippen molar-refractivity contribution in [2.24, 2.45) is 5.73 Å². The zero-order valence-electron chi connectivity index (χ0n) is 10.4. The second kappa shape index (κ2) is 6.50. The Morgan fingerprint density at radius 3 is 2.67 bits per heavy atom. The van der Waals surface area contributed by atoms with Crippen LogP contribution in [0, 0.1) is 0 Å². The van der Waals surface area contributed by atoms with Crippen molar-refractivity contribution < 1.29 is 9.21 Å². The SMILES string of the molecule is CSc1ccc(C(=O)NC2(CN)CCCC2)o1.Cl. The summed E-state index contributed by atoms with van der Waals surface area (Å²) in [4.78, 5) is 12.0. The van der Waals surface area contributed by atoms with Crippen LogP contribution < -0.4 is 11.1 Å². The highest BCUT2D eigenvalue weighted by Gasteiger charge is 2.34. The van der Waals surface area contributed by atoms with E-state index < -0.39 is 0 Å². The molecule has 0 unspecified atom stereocenters. The Hall–Kier alpha value is -0.650. The van der Waals surface area contributed by atoms with E-state index in [2.05, 4.69) is 5.32 Å². The minimum atomic E-state index is -0.219. The fourth-order valence-corrected chi connectivity index (χ4v) is 2.66. The lowest BCUT2D eigenvalue weighted by atomic mass is 9.98. The summed E-state index contributed by atoms with van der Waals surface area (Å²) in [5.41, 5.74) is 5.56. The van der Waals surface area contributed by atoms with E-state index in [1.54, 1.807) is 6.07 Å². The predicted octanol–water partition coefficient (Wildman–Crippen LogP) is 2.42. The fraction of sp³-hybridized carbons (Fsp3) is 0.583. The van der Waals surface area contributed by atoms with Crippen molar-refractivity contribution >= 4 is 30.1 Å². The molecule has 1 aliphatic carbocycles. The largest absolute Gasteiger partial charge is 0.445 e. The second-order valence-electron chi connectivity index (χ2n) is 4.47. The lowest BCUT2D eigenvalue weighted by Gasteiger charge is -2.28. The van der Waals surface area contributed by atoms with Crippen molar-refractivity contribution in [2.45, 2.75) is 36.3 Å². The number of amides is 1. The molecule has 0 radical (unpaired) electrons. The Morgan fingerprint density at radius 2 is 2.17 bits per heavy atom. The molecule has 0 saturated heterocycles. The van der Waals surface area contributed by atoms with Crippen LogP contribution in [0.1, 0.15) is 36.2 Å². The summed E-state index contributed by atoms with van der Waals surface area (Å²) in [5.74, 6) is 0.215. The van der Waals surface area contributed by atoms with Crippen molar-refractivity contribution in [3.05, 3.63) is 17.9 Å². The van der Waals surface area contributed by atoms with E-state index >= 15 is 0 Å². The first-order chi connectivity index (χ1) is 8.19. The highest BCUT2D eigenvalue weighted by Crippen LogP contribution is 2.29. The highest BCUT2D eigenvalue weighted by atomic mass is 35.5. The first-order valence-electron chi connectivity index (χ1n) is 5.85. The number of carbonyl (C=O) groups excluding carboxylic acids is 1. The quantitative estimate of drug-likeness (QED) is 0.836. The van der Waals surface area contributed by atoms with E-state index in [0.29, 0.717) is 12.3 Å². The Balaban J connectivity index is 0.00000162. The van der Waals surface area contributed by atoms with Crippen molar-refractivity contribution in [1.29, 1.82) is 0 Å². The summed E-state index contributed by atoms with van der Waals surface area (Å²) in [6.07, 6.45) is 6.10. The topological polar surface area (TPSA) is 68.3 Å². The maximum atomic E-state index is 12.0. The summed E-state index contributed by atoms with van der Waals surface area (Å²) in [6, 6.07) is 3.52. The molecule has 18 heavy (non-hydrogen) atoms. The summed E-state index contributed by atoms with van der Waals surface area (Å²) < 4.78 is 5.40. The van der Waals surface area contributed by atoms with Gasteiger partial charge in [0.25, 0.3) is 5.91 Å². The molecule has 102 valence electrons. The first kappa shape index (κ1) is 15.4. The van der Waals surface area contributed by atoms with Crippen LogP contribution >= 0.6 is 24.2 Å². The van der Waals surface area contributed by atoms with Gasteiger partial charge in [-0.3, -0.25) is 4.79 Å². The van der Waals surface area contributed by atoms with Gasteiger partial charge in [-0.05, 0) is 31.2 Å². The average molecular weight is 291 g/mol. The summed E-state index contributed by atoms with van der Waals surface area (Å²) in [6.45, 7) is 0.495. The number of carbonyl (C=O) groups is 1. The molecular formula is C12H19ClN2O2S. The molecule has 0 aliphatic heterocycles. The number of nitrogens with two attached hydrogens (primary N) is 1. The lowest BCUT2D eigenvalue weighted by molar-refractivity contribution is 0.0869. The molecule has 1 amide bonds. The Bertz CT molecular complexity index is 403. The molecule has 2 rings (SSSR count). The molecule has 1 heterocycles. The third kappa shape index (κ3) is 3.22. The summed E-state index contributed by atoms with van der Waals surface area (Å²) >= 11 is 1.48. The van der Waals surface area contributed by atoms with E-state index in [9.17, 15) is 4.79 Å². The van der Waals surface area contributed by atoms with Crippen LogP contribution in [-0.4, -0.2) is 24.2 Å². The van der Waals surface area contributed by atoms with Crippen LogP contribution in [0.15, 0.2) is 21.6 Å². The smallest absolute Gasteiger partial charge is 0.287 e. The maximum absolute atomic E-state index is 12.0. The molecule has 1 saturated carbocycles. The third-order valence-corrected chi connectivity index (χ3v) is 3.96. The molecule has 4 nitrogen and oxygen atoms in total. The lowest BCUT2D eigenvalue weighted by Crippen LogP contribution is -2.51. The van der Waals surface area contributed by atoms with Gasteiger partial charge in [0, 0.05) is 6.54 Å². The molecule has 6 heteroatoms. The highest BCUT2D eigenvalue weighted by molar-refractivity contribution is 7.98. The van der Waals surface area contributed by atoms with Gasteiger partial charge in [-0.2, -0.15) is 0 Å². The molecule has 1 aromatic rings. The van der Waals surface area contributed by atoms with Crippen LogP contribution in [0.4, 0.5) is 0 Å². The standard InChI is InChI=1S/C12H18N2O2S.ClH/c1-17-10-5-4-9(16-10)11(15)14-12(8-13)6-2-3-7-12;/h4-5H,2-3,6-8,13H2,1H3,(H,14,15);1H. The van der Waals surface area contributed by atoms with Gasteiger partial charge in [0.2, 0.25) is 0 Å². The van der Waals surface area contributed by atoms with Gasteiger partial charge < -0.3 is 15.5 Å². The Morgan fingerprint density at radius 1 is 1.50 bits per heavy atom. The Kier molecular flexibility index (Phi) is 5.56. The van der Waals surface area contributed by atoms with Gasteiger partial charge in [-0.1, -0.05) is 24.6 Å². The van der Waals surface area contributed by atoms with Gasteiger partial charge in [0.05, 0.1) is 5.54 Å². The number of hydrogen-bond acceptors (Lipinski definition) is 4. The number of furan rings is 1. The number of rotatable bonds is 4. The van der Waals surface area contributed by atoms with Gasteiger partial charge >= 0.3 is 0 Å². The zero-order valence-corrected chi connectivity index (χ0v) is 12.0. The van der Waals surface area contributed by atoms with Crippen molar-refractivity contribution in [2.75, 3.05) is 12.8 Å². The van der Waals surface area contributed by atoms with Crippen LogP contribution in [0.3, 0.4) is 0 Å². The van der Waals surface area contributed by atoms with Crippen LogP contribution in [-0.2, 0) is 0 Å². The van der Waals surface area contributed by atoms with Crippen molar-refractivity contribution in [3.63, 3.8) is 0 Å². The molecule has 3 N–H and O–H groups in total. The normalized spacial score (nSPS) is 17.2. The molecule has 0 bridgehead atoms. The minimum absolute atomic E-state index is 0. The first-order valence-corrected chi connectivity index (χ1v) is 7.08. The van der Waals surface area contributed by atoms with E-state index in [4.69, 9.17) is 10.2 Å². The predicted molar refractivity (Wildman–Crippen MR) is 75.5 cm³/mol. The minimum Gasteiger partial charge on any atom is -0.445 e. The molecule has 1 fully saturated rings. The van der Waals surface area contributed by atoms with Crippen LogP contribution in [0.25, 0.3) is 0 Å². The number of thioether (sulfide) groups is 1. The number of nitrogens with one attached hydrogen (secondary N) is 1. The van der Waals surface area contributed by atoms with Gasteiger partial charge in [0.1, 0.15) is 0 Å². The second-order valence-corrected chi connectivity index (χ2v) is 5.28. The van der Waals surface area contributed by atoms with E-state index in [0.717, 1.165) is 30.8 Å². The van der Waals surface area contributed by atoms with E-state index in [1.807, 2.05) is 12.3 Å².